The van der Waals surface area contributed by atoms with Gasteiger partial charge in [-0.15, -0.1) is 0 Å². The second-order valence-corrected chi connectivity index (χ2v) is 10.4. The maximum Gasteiger partial charge on any atom is 0.0645 e. The van der Waals surface area contributed by atoms with Gasteiger partial charge in [0.15, 0.2) is 0 Å². The summed E-state index contributed by atoms with van der Waals surface area (Å²) < 4.78 is 3.33. The zero-order valence-corrected chi connectivity index (χ0v) is 22.7. The van der Waals surface area contributed by atoms with Gasteiger partial charge >= 0.3 is 0 Å². The number of benzene rings is 5. The summed E-state index contributed by atoms with van der Waals surface area (Å²) in [6, 6.07) is 47.1. The fourth-order valence-electron chi connectivity index (χ4n) is 5.39. The van der Waals surface area contributed by atoms with E-state index < -0.39 is 0 Å². The van der Waals surface area contributed by atoms with E-state index in [-0.39, 0.29) is 0 Å². The Hall–Kier alpha value is -4.67. The van der Waals surface area contributed by atoms with E-state index in [1.54, 1.807) is 0 Å². The molecule has 0 radical (unpaired) electrons. The van der Waals surface area contributed by atoms with Gasteiger partial charge < -0.3 is 9.47 Å². The number of anilines is 3. The summed E-state index contributed by atoms with van der Waals surface area (Å²) in [4.78, 5) is 6.69. The van der Waals surface area contributed by atoms with Crippen LogP contribution in [-0.4, -0.2) is 9.55 Å². The summed E-state index contributed by atoms with van der Waals surface area (Å²) in [5.74, 6) is 0. The maximum absolute atomic E-state index is 4.40. The molecule has 0 saturated carbocycles. The lowest BCUT2D eigenvalue weighted by Gasteiger charge is -2.26. The highest BCUT2D eigenvalue weighted by Crippen LogP contribution is 2.40. The molecule has 0 aliphatic carbocycles. The van der Waals surface area contributed by atoms with E-state index in [9.17, 15) is 0 Å². The smallest absolute Gasteiger partial charge is 0.0645 e. The molecule has 0 saturated heterocycles. The van der Waals surface area contributed by atoms with Crippen molar-refractivity contribution in [3.8, 4) is 16.8 Å². The lowest BCUT2D eigenvalue weighted by molar-refractivity contribution is 1.14. The minimum atomic E-state index is 1.03. The molecule has 7 rings (SSSR count). The van der Waals surface area contributed by atoms with Crippen molar-refractivity contribution < 1.29 is 0 Å². The lowest BCUT2D eigenvalue weighted by Crippen LogP contribution is -2.09. The number of fused-ring (bicyclic) bond motifs is 3. The van der Waals surface area contributed by atoms with E-state index >= 15 is 0 Å². The van der Waals surface area contributed by atoms with Crippen molar-refractivity contribution in [3.05, 3.63) is 150 Å². The Labute approximate surface area is 235 Å². The van der Waals surface area contributed by atoms with Crippen LogP contribution in [0, 0.1) is 0 Å². The van der Waals surface area contributed by atoms with Crippen molar-refractivity contribution in [1.82, 2.24) is 9.55 Å². The molecule has 7 aromatic rings. The molecule has 3 nitrogen and oxygen atoms in total. The highest BCUT2D eigenvalue weighted by Gasteiger charge is 2.16. The van der Waals surface area contributed by atoms with Crippen molar-refractivity contribution in [2.75, 3.05) is 4.90 Å². The third-order valence-electron chi connectivity index (χ3n) is 7.08. The zero-order chi connectivity index (χ0) is 26.2. The lowest BCUT2D eigenvalue weighted by atomic mass is 10.0. The Kier molecular flexibility index (Phi) is 5.95. The van der Waals surface area contributed by atoms with Crippen molar-refractivity contribution in [1.29, 1.82) is 0 Å². The Bertz CT molecular complexity index is 1870. The van der Waals surface area contributed by atoms with Gasteiger partial charge in [-0.2, -0.15) is 0 Å². The molecule has 4 heteroatoms. The predicted octanol–water partition coefficient (Wildman–Crippen LogP) is 10.1. The minimum absolute atomic E-state index is 1.03. The average Bonchev–Trinajstić information content (AvgIpc) is 3.32. The molecule has 0 unspecified atom stereocenters. The van der Waals surface area contributed by atoms with Crippen LogP contribution < -0.4 is 4.90 Å². The van der Waals surface area contributed by atoms with Crippen molar-refractivity contribution in [2.24, 2.45) is 0 Å². The maximum atomic E-state index is 4.40. The van der Waals surface area contributed by atoms with Crippen molar-refractivity contribution in [3.63, 3.8) is 0 Å². The van der Waals surface area contributed by atoms with Crippen molar-refractivity contribution >= 4 is 54.8 Å². The van der Waals surface area contributed by atoms with Crippen LogP contribution in [0.5, 0.6) is 0 Å². The van der Waals surface area contributed by atoms with Crippen molar-refractivity contribution in [2.45, 2.75) is 0 Å². The van der Waals surface area contributed by atoms with Gasteiger partial charge in [-0.05, 0) is 77.9 Å². The molecule has 186 valence electrons. The van der Waals surface area contributed by atoms with Crippen LogP contribution in [0.2, 0.25) is 0 Å². The fraction of sp³-hybridized carbons (Fsp3) is 0. The molecule has 5 aromatic carbocycles. The standard InChI is InChI=1S/C35H24BrN3/c36-27-20-26(21-31(23-27)38(28-10-3-1-4-11-28)29-12-5-2-6-13-29)25-17-18-33-32-15-7-8-16-34(32)39(35(33)22-25)30-14-9-19-37-24-30/h1-24H. The van der Waals surface area contributed by atoms with E-state index in [2.05, 4.69) is 158 Å². The average molecular weight is 567 g/mol. The highest BCUT2D eigenvalue weighted by molar-refractivity contribution is 9.10. The van der Waals surface area contributed by atoms with Crippen LogP contribution in [0.25, 0.3) is 38.6 Å². The molecule has 0 bridgehead atoms. The quantitative estimate of drug-likeness (QED) is 0.207. The van der Waals surface area contributed by atoms with Crippen LogP contribution >= 0.6 is 15.9 Å². The fourth-order valence-corrected chi connectivity index (χ4v) is 5.87. The number of halogens is 1. The molecule has 0 amide bonds. The molecule has 39 heavy (non-hydrogen) atoms. The molecule has 0 atom stereocenters. The van der Waals surface area contributed by atoms with Gasteiger partial charge in [0.2, 0.25) is 0 Å². The van der Waals surface area contributed by atoms with E-state index in [1.165, 1.54) is 16.3 Å². The zero-order valence-electron chi connectivity index (χ0n) is 21.1. The van der Waals surface area contributed by atoms with Gasteiger partial charge in [0.25, 0.3) is 0 Å². The molecule has 2 heterocycles. The normalized spacial score (nSPS) is 11.2. The molecule has 0 aliphatic heterocycles. The van der Waals surface area contributed by atoms with Crippen LogP contribution in [0.4, 0.5) is 17.1 Å². The van der Waals surface area contributed by atoms with E-state index in [1.807, 2.05) is 18.5 Å². The largest absolute Gasteiger partial charge is 0.310 e. The summed E-state index contributed by atoms with van der Waals surface area (Å²) in [7, 11) is 0. The predicted molar refractivity (Wildman–Crippen MR) is 166 cm³/mol. The molecule has 2 aromatic heterocycles. The first-order chi connectivity index (χ1) is 19.3. The summed E-state index contributed by atoms with van der Waals surface area (Å²) in [6.07, 6.45) is 3.74. The Morgan fingerprint density at radius 1 is 0.538 bits per heavy atom. The number of para-hydroxylation sites is 3. The van der Waals surface area contributed by atoms with Crippen LogP contribution in [0.3, 0.4) is 0 Å². The number of aromatic nitrogens is 2. The molecular formula is C35H24BrN3. The second kappa shape index (κ2) is 9.90. The minimum Gasteiger partial charge on any atom is -0.310 e. The Morgan fingerprint density at radius 3 is 1.95 bits per heavy atom. The molecular weight excluding hydrogens is 542 g/mol. The van der Waals surface area contributed by atoms with Crippen LogP contribution in [-0.2, 0) is 0 Å². The number of hydrogen-bond donors (Lipinski definition) is 0. The first kappa shape index (κ1) is 23.4. The summed E-state index contributed by atoms with van der Waals surface area (Å²) in [6.45, 7) is 0. The van der Waals surface area contributed by atoms with Gasteiger partial charge in [-0.3, -0.25) is 4.98 Å². The summed E-state index contributed by atoms with van der Waals surface area (Å²) in [5, 5.41) is 2.46. The Balaban J connectivity index is 1.43. The van der Waals surface area contributed by atoms with Gasteiger partial charge in [0.05, 0.1) is 22.9 Å². The van der Waals surface area contributed by atoms with Crippen LogP contribution in [0.15, 0.2) is 150 Å². The van der Waals surface area contributed by atoms with E-state index in [4.69, 9.17) is 0 Å². The third kappa shape index (κ3) is 4.29. The van der Waals surface area contributed by atoms with E-state index in [0.717, 1.165) is 43.9 Å². The molecule has 0 fully saturated rings. The first-order valence-electron chi connectivity index (χ1n) is 12.9. The number of hydrogen-bond acceptors (Lipinski definition) is 2. The molecule has 0 spiro atoms. The number of nitrogens with zero attached hydrogens (tertiary/aromatic N) is 3. The van der Waals surface area contributed by atoms with Gasteiger partial charge in [-0.25, -0.2) is 0 Å². The first-order valence-corrected chi connectivity index (χ1v) is 13.7. The summed E-state index contributed by atoms with van der Waals surface area (Å²) >= 11 is 3.81. The van der Waals surface area contributed by atoms with Gasteiger partial charge in [0, 0.05) is 38.5 Å². The van der Waals surface area contributed by atoms with Crippen LogP contribution in [0.1, 0.15) is 0 Å². The second-order valence-electron chi connectivity index (χ2n) is 9.50. The highest BCUT2D eigenvalue weighted by atomic mass is 79.9. The monoisotopic (exact) mass is 565 g/mol. The Morgan fingerprint density at radius 2 is 1.23 bits per heavy atom. The van der Waals surface area contributed by atoms with Gasteiger partial charge in [0.1, 0.15) is 0 Å². The number of pyridine rings is 1. The third-order valence-corrected chi connectivity index (χ3v) is 7.54. The van der Waals surface area contributed by atoms with E-state index in [0.29, 0.717) is 0 Å². The summed E-state index contributed by atoms with van der Waals surface area (Å²) in [5.41, 5.74) is 8.98. The molecule has 0 N–H and O–H groups in total. The van der Waals surface area contributed by atoms with Gasteiger partial charge in [-0.1, -0.05) is 82.7 Å². The molecule has 0 aliphatic rings. The SMILES string of the molecule is Brc1cc(-c2ccc3c4ccccc4n(-c4cccnc4)c3c2)cc(N(c2ccccc2)c2ccccc2)c1. The number of rotatable bonds is 5. The topological polar surface area (TPSA) is 21.1 Å².